The Bertz CT molecular complexity index is 515. The Morgan fingerprint density at radius 1 is 1.17 bits per heavy atom. The number of ether oxygens (including phenoxy) is 1. The molecule has 1 aromatic carbocycles. The van der Waals surface area contributed by atoms with E-state index in [2.05, 4.69) is 10.1 Å². The summed E-state index contributed by atoms with van der Waals surface area (Å²) < 4.78 is 10.9. The van der Waals surface area contributed by atoms with E-state index >= 15 is 0 Å². The summed E-state index contributed by atoms with van der Waals surface area (Å²) in [5.41, 5.74) is 7.26. The molecule has 0 amide bonds. The van der Waals surface area contributed by atoms with E-state index in [4.69, 9.17) is 15.0 Å². The van der Waals surface area contributed by atoms with Gasteiger partial charge in [-0.25, -0.2) is 0 Å². The molecule has 0 radical (unpaired) electrons. The highest BCUT2D eigenvalue weighted by Crippen LogP contribution is 2.28. The van der Waals surface area contributed by atoms with Crippen LogP contribution in [-0.2, 0) is 4.74 Å². The van der Waals surface area contributed by atoms with E-state index in [1.54, 1.807) is 0 Å². The fourth-order valence-electron chi connectivity index (χ4n) is 2.05. The molecule has 0 bridgehead atoms. The predicted molar refractivity (Wildman–Crippen MR) is 66.7 cm³/mol. The lowest BCUT2D eigenvalue weighted by molar-refractivity contribution is -0.00459. The van der Waals surface area contributed by atoms with Crippen LogP contribution in [0, 0.1) is 0 Å². The van der Waals surface area contributed by atoms with Crippen molar-refractivity contribution in [3.05, 3.63) is 30.2 Å². The largest absolute Gasteiger partial charge is 0.399 e. The SMILES string of the molecule is Nc1ccc(-c2noc(C3CCCCO3)n2)cc1. The van der Waals surface area contributed by atoms with Crippen LogP contribution in [0.1, 0.15) is 31.3 Å². The molecule has 2 N–H and O–H groups in total. The van der Waals surface area contributed by atoms with Gasteiger partial charge in [-0.1, -0.05) is 5.16 Å². The third kappa shape index (κ3) is 2.22. The van der Waals surface area contributed by atoms with Crippen LogP contribution in [0.5, 0.6) is 0 Å². The third-order valence-electron chi connectivity index (χ3n) is 3.07. The van der Waals surface area contributed by atoms with Gasteiger partial charge in [-0.3, -0.25) is 0 Å². The van der Waals surface area contributed by atoms with Gasteiger partial charge in [-0.2, -0.15) is 4.98 Å². The van der Waals surface area contributed by atoms with Crippen molar-refractivity contribution >= 4 is 5.69 Å². The average molecular weight is 245 g/mol. The maximum absolute atomic E-state index is 5.64. The van der Waals surface area contributed by atoms with Gasteiger partial charge in [0.15, 0.2) is 0 Å². The highest BCUT2D eigenvalue weighted by Gasteiger charge is 2.22. The van der Waals surface area contributed by atoms with Crippen LogP contribution < -0.4 is 5.73 Å². The number of nitrogens with zero attached hydrogens (tertiary/aromatic N) is 2. The van der Waals surface area contributed by atoms with Gasteiger partial charge in [0.25, 0.3) is 5.89 Å². The van der Waals surface area contributed by atoms with Gasteiger partial charge in [0.1, 0.15) is 6.10 Å². The first-order valence-corrected chi connectivity index (χ1v) is 6.14. The summed E-state index contributed by atoms with van der Waals surface area (Å²) in [5.74, 6) is 1.15. The van der Waals surface area contributed by atoms with Gasteiger partial charge in [0.2, 0.25) is 5.82 Å². The van der Waals surface area contributed by atoms with Crippen LogP contribution in [0.3, 0.4) is 0 Å². The van der Waals surface area contributed by atoms with E-state index < -0.39 is 0 Å². The van der Waals surface area contributed by atoms with Gasteiger partial charge < -0.3 is 15.0 Å². The van der Waals surface area contributed by atoms with Gasteiger partial charge in [-0.15, -0.1) is 0 Å². The molecule has 2 heterocycles. The summed E-state index contributed by atoms with van der Waals surface area (Å²) in [6.45, 7) is 0.768. The Morgan fingerprint density at radius 2 is 2.00 bits per heavy atom. The average Bonchev–Trinajstić information content (AvgIpc) is 2.90. The zero-order chi connectivity index (χ0) is 12.4. The van der Waals surface area contributed by atoms with Crippen LogP contribution >= 0.6 is 0 Å². The number of benzene rings is 1. The first-order chi connectivity index (χ1) is 8.83. The van der Waals surface area contributed by atoms with Crippen molar-refractivity contribution in [1.29, 1.82) is 0 Å². The van der Waals surface area contributed by atoms with Crippen LogP contribution in [0.25, 0.3) is 11.4 Å². The molecule has 1 unspecified atom stereocenters. The molecule has 1 fully saturated rings. The van der Waals surface area contributed by atoms with Gasteiger partial charge in [0.05, 0.1) is 0 Å². The molecule has 94 valence electrons. The molecule has 5 nitrogen and oxygen atoms in total. The predicted octanol–water partition coefficient (Wildman–Crippen LogP) is 2.56. The van der Waals surface area contributed by atoms with Crippen LogP contribution in [0.2, 0.25) is 0 Å². The van der Waals surface area contributed by atoms with Crippen LogP contribution in [0.4, 0.5) is 5.69 Å². The van der Waals surface area contributed by atoms with Crippen molar-refractivity contribution < 1.29 is 9.26 Å². The van der Waals surface area contributed by atoms with Crippen molar-refractivity contribution in [3.63, 3.8) is 0 Å². The number of aromatic nitrogens is 2. The second-order valence-corrected chi connectivity index (χ2v) is 4.43. The normalized spacial score (nSPS) is 19.9. The van der Waals surface area contributed by atoms with Crippen LogP contribution in [-0.4, -0.2) is 16.7 Å². The molecule has 1 aromatic heterocycles. The number of hydrogen-bond donors (Lipinski definition) is 1. The first-order valence-electron chi connectivity index (χ1n) is 6.14. The number of anilines is 1. The Labute approximate surface area is 105 Å². The summed E-state index contributed by atoms with van der Waals surface area (Å²) in [7, 11) is 0. The summed E-state index contributed by atoms with van der Waals surface area (Å²) in [6, 6.07) is 7.41. The minimum atomic E-state index is -0.0474. The number of rotatable bonds is 2. The molecule has 1 aliphatic rings. The molecule has 1 aliphatic heterocycles. The Balaban J connectivity index is 1.82. The molecule has 0 saturated carbocycles. The monoisotopic (exact) mass is 245 g/mol. The van der Waals surface area contributed by atoms with Crippen LogP contribution in [0.15, 0.2) is 28.8 Å². The lowest BCUT2D eigenvalue weighted by atomic mass is 10.1. The second-order valence-electron chi connectivity index (χ2n) is 4.43. The third-order valence-corrected chi connectivity index (χ3v) is 3.07. The maximum Gasteiger partial charge on any atom is 0.256 e. The number of nitrogens with two attached hydrogens (primary N) is 1. The summed E-state index contributed by atoms with van der Waals surface area (Å²) in [6.07, 6.45) is 3.15. The smallest absolute Gasteiger partial charge is 0.256 e. The molecule has 1 atom stereocenters. The van der Waals surface area contributed by atoms with E-state index in [0.29, 0.717) is 11.7 Å². The number of hydrogen-bond acceptors (Lipinski definition) is 5. The summed E-state index contributed by atoms with van der Waals surface area (Å²) in [4.78, 5) is 4.39. The quantitative estimate of drug-likeness (QED) is 0.823. The van der Waals surface area contributed by atoms with Crippen molar-refractivity contribution in [2.45, 2.75) is 25.4 Å². The van der Waals surface area contributed by atoms with Gasteiger partial charge >= 0.3 is 0 Å². The molecule has 1 saturated heterocycles. The standard InChI is InChI=1S/C13H15N3O2/c14-10-6-4-9(5-7-10)12-15-13(18-16-12)11-3-1-2-8-17-11/h4-7,11H,1-3,8,14H2. The maximum atomic E-state index is 5.64. The topological polar surface area (TPSA) is 74.2 Å². The fraction of sp³-hybridized carbons (Fsp3) is 0.385. The molecular weight excluding hydrogens is 230 g/mol. The summed E-state index contributed by atoms with van der Waals surface area (Å²) >= 11 is 0. The van der Waals surface area contributed by atoms with E-state index in [0.717, 1.165) is 37.1 Å². The first kappa shape index (κ1) is 11.2. The molecule has 2 aromatic rings. The molecule has 5 heteroatoms. The lowest BCUT2D eigenvalue weighted by Gasteiger charge is -2.18. The molecular formula is C13H15N3O2. The van der Waals surface area contributed by atoms with Crippen molar-refractivity contribution in [2.24, 2.45) is 0 Å². The van der Waals surface area contributed by atoms with Crippen molar-refractivity contribution in [2.75, 3.05) is 12.3 Å². The molecule has 18 heavy (non-hydrogen) atoms. The minimum absolute atomic E-state index is 0.0474. The Morgan fingerprint density at radius 3 is 2.72 bits per heavy atom. The zero-order valence-corrected chi connectivity index (χ0v) is 10.0. The zero-order valence-electron chi connectivity index (χ0n) is 10.0. The fourth-order valence-corrected chi connectivity index (χ4v) is 2.05. The number of nitrogen functional groups attached to an aromatic ring is 1. The van der Waals surface area contributed by atoms with E-state index in [9.17, 15) is 0 Å². The molecule has 0 spiro atoms. The highest BCUT2D eigenvalue weighted by atomic mass is 16.5. The van der Waals surface area contributed by atoms with Crippen molar-refractivity contribution in [1.82, 2.24) is 10.1 Å². The van der Waals surface area contributed by atoms with E-state index in [-0.39, 0.29) is 6.10 Å². The minimum Gasteiger partial charge on any atom is -0.399 e. The highest BCUT2D eigenvalue weighted by molar-refractivity contribution is 5.57. The van der Waals surface area contributed by atoms with Crippen molar-refractivity contribution in [3.8, 4) is 11.4 Å². The van der Waals surface area contributed by atoms with Gasteiger partial charge in [-0.05, 0) is 43.5 Å². The Kier molecular flexibility index (Phi) is 2.98. The molecule has 3 rings (SSSR count). The van der Waals surface area contributed by atoms with E-state index in [1.165, 1.54) is 0 Å². The summed E-state index contributed by atoms with van der Waals surface area (Å²) in [5, 5.41) is 3.98. The van der Waals surface area contributed by atoms with Gasteiger partial charge in [0, 0.05) is 17.9 Å². The Hall–Kier alpha value is -1.88. The lowest BCUT2D eigenvalue weighted by Crippen LogP contribution is -2.11. The molecule has 0 aliphatic carbocycles. The second kappa shape index (κ2) is 4.78. The van der Waals surface area contributed by atoms with E-state index in [1.807, 2.05) is 24.3 Å².